The van der Waals surface area contributed by atoms with Crippen molar-refractivity contribution in [3.8, 4) is 5.69 Å². The molecule has 1 aliphatic rings. The lowest BCUT2D eigenvalue weighted by atomic mass is 10.1. The van der Waals surface area contributed by atoms with Crippen LogP contribution in [0.15, 0.2) is 42.5 Å². The first kappa shape index (κ1) is 20.8. The number of carbonyl (C=O) groups is 2. The van der Waals surface area contributed by atoms with Gasteiger partial charge in [0.05, 0.1) is 11.4 Å². The van der Waals surface area contributed by atoms with Crippen molar-refractivity contribution in [3.05, 3.63) is 76.1 Å². The first-order chi connectivity index (χ1) is 14.8. The first-order valence-electron chi connectivity index (χ1n) is 10.5. The van der Waals surface area contributed by atoms with Gasteiger partial charge in [-0.05, 0) is 62.9 Å². The van der Waals surface area contributed by atoms with Crippen molar-refractivity contribution in [1.82, 2.24) is 25.2 Å². The molecule has 31 heavy (non-hydrogen) atoms. The lowest BCUT2D eigenvalue weighted by molar-refractivity contribution is 0.0777. The van der Waals surface area contributed by atoms with Crippen molar-refractivity contribution in [2.75, 3.05) is 7.05 Å². The SMILES string of the molecule is Cc1ccc(-n2nc(C)c(C(=O)N(C)Cc3ccc(C(=O)NC4CC4)cc3)n2)c(C)c1. The molecule has 0 bridgehead atoms. The summed E-state index contributed by atoms with van der Waals surface area (Å²) in [5, 5.41) is 11.9. The predicted molar refractivity (Wildman–Crippen MR) is 118 cm³/mol. The summed E-state index contributed by atoms with van der Waals surface area (Å²) in [5.41, 5.74) is 5.57. The van der Waals surface area contributed by atoms with E-state index in [-0.39, 0.29) is 11.8 Å². The van der Waals surface area contributed by atoms with E-state index in [1.165, 1.54) is 4.80 Å². The van der Waals surface area contributed by atoms with Crippen molar-refractivity contribution < 1.29 is 9.59 Å². The van der Waals surface area contributed by atoms with E-state index < -0.39 is 0 Å². The van der Waals surface area contributed by atoms with Crippen molar-refractivity contribution >= 4 is 11.8 Å². The molecular formula is C24H27N5O2. The van der Waals surface area contributed by atoms with Gasteiger partial charge in [0.2, 0.25) is 0 Å². The van der Waals surface area contributed by atoms with Gasteiger partial charge < -0.3 is 10.2 Å². The normalized spacial score (nSPS) is 13.2. The Balaban J connectivity index is 1.45. The average Bonchev–Trinajstić information content (AvgIpc) is 3.47. The van der Waals surface area contributed by atoms with Crippen LogP contribution < -0.4 is 5.32 Å². The van der Waals surface area contributed by atoms with Gasteiger partial charge in [-0.2, -0.15) is 9.90 Å². The largest absolute Gasteiger partial charge is 0.349 e. The van der Waals surface area contributed by atoms with Gasteiger partial charge in [0.1, 0.15) is 0 Å². The number of hydrogen-bond donors (Lipinski definition) is 1. The molecule has 1 fully saturated rings. The van der Waals surface area contributed by atoms with E-state index in [0.29, 0.717) is 29.5 Å². The molecule has 0 radical (unpaired) electrons. The van der Waals surface area contributed by atoms with Crippen LogP contribution in [0, 0.1) is 20.8 Å². The molecule has 0 spiro atoms. The molecule has 0 unspecified atom stereocenters. The van der Waals surface area contributed by atoms with Gasteiger partial charge in [-0.1, -0.05) is 29.8 Å². The highest BCUT2D eigenvalue weighted by atomic mass is 16.2. The Hall–Kier alpha value is -3.48. The highest BCUT2D eigenvalue weighted by molar-refractivity contribution is 5.94. The quantitative estimate of drug-likeness (QED) is 0.667. The van der Waals surface area contributed by atoms with Gasteiger partial charge in [0.15, 0.2) is 5.69 Å². The minimum Gasteiger partial charge on any atom is -0.349 e. The molecule has 0 atom stereocenters. The fourth-order valence-electron chi connectivity index (χ4n) is 3.50. The molecule has 1 heterocycles. The molecule has 7 heteroatoms. The zero-order valence-corrected chi connectivity index (χ0v) is 18.3. The zero-order chi connectivity index (χ0) is 22.1. The summed E-state index contributed by atoms with van der Waals surface area (Å²) in [6.45, 7) is 6.25. The smallest absolute Gasteiger partial charge is 0.276 e. The minimum absolute atomic E-state index is 0.0443. The Morgan fingerprint density at radius 1 is 1.06 bits per heavy atom. The van der Waals surface area contributed by atoms with E-state index in [0.717, 1.165) is 35.2 Å². The molecule has 1 saturated carbocycles. The zero-order valence-electron chi connectivity index (χ0n) is 18.3. The topological polar surface area (TPSA) is 80.1 Å². The maximum absolute atomic E-state index is 13.0. The van der Waals surface area contributed by atoms with E-state index in [1.807, 2.05) is 38.1 Å². The standard InChI is InChI=1S/C24H27N5O2/c1-15-5-12-21(16(2)13-15)29-26-17(3)22(27-29)24(31)28(4)14-18-6-8-19(9-7-18)23(30)25-20-10-11-20/h5-9,12-13,20H,10-11,14H2,1-4H3,(H,25,30). The summed E-state index contributed by atoms with van der Waals surface area (Å²) in [6.07, 6.45) is 2.12. The summed E-state index contributed by atoms with van der Waals surface area (Å²) in [4.78, 5) is 28.3. The van der Waals surface area contributed by atoms with Crippen molar-refractivity contribution in [1.29, 1.82) is 0 Å². The van der Waals surface area contributed by atoms with E-state index in [2.05, 4.69) is 21.6 Å². The molecule has 160 valence electrons. The number of nitrogens with zero attached hydrogens (tertiary/aromatic N) is 4. The summed E-state index contributed by atoms with van der Waals surface area (Å²) < 4.78 is 0. The monoisotopic (exact) mass is 417 g/mol. The van der Waals surface area contributed by atoms with Crippen molar-refractivity contribution in [3.63, 3.8) is 0 Å². The number of benzene rings is 2. The molecule has 1 aromatic heterocycles. The molecule has 3 aromatic rings. The van der Waals surface area contributed by atoms with Gasteiger partial charge in [-0.3, -0.25) is 9.59 Å². The van der Waals surface area contributed by atoms with E-state index >= 15 is 0 Å². The molecule has 1 N–H and O–H groups in total. The second-order valence-electron chi connectivity index (χ2n) is 8.32. The molecule has 0 aliphatic heterocycles. The van der Waals surface area contributed by atoms with Crippen LogP contribution in [0.3, 0.4) is 0 Å². The number of aromatic nitrogens is 3. The summed E-state index contributed by atoms with van der Waals surface area (Å²) in [7, 11) is 1.74. The number of aryl methyl sites for hydroxylation is 3. The van der Waals surface area contributed by atoms with Crippen LogP contribution in [-0.4, -0.2) is 44.8 Å². The van der Waals surface area contributed by atoms with E-state index in [1.54, 1.807) is 31.0 Å². The van der Waals surface area contributed by atoms with Crippen LogP contribution in [0.4, 0.5) is 0 Å². The molecule has 0 saturated heterocycles. The fourth-order valence-corrected chi connectivity index (χ4v) is 3.50. The van der Waals surface area contributed by atoms with E-state index in [4.69, 9.17) is 0 Å². The van der Waals surface area contributed by atoms with E-state index in [9.17, 15) is 9.59 Å². The average molecular weight is 418 g/mol. The van der Waals surface area contributed by atoms with Crippen LogP contribution >= 0.6 is 0 Å². The Labute approximate surface area is 182 Å². The number of nitrogens with one attached hydrogen (secondary N) is 1. The van der Waals surface area contributed by atoms with Crippen LogP contribution in [0.25, 0.3) is 5.69 Å². The molecule has 1 aliphatic carbocycles. The van der Waals surface area contributed by atoms with Gasteiger partial charge >= 0.3 is 0 Å². The maximum atomic E-state index is 13.0. The summed E-state index contributed by atoms with van der Waals surface area (Å²) in [6, 6.07) is 13.7. The Bertz CT molecular complexity index is 1130. The second-order valence-corrected chi connectivity index (χ2v) is 8.32. The number of carbonyl (C=O) groups excluding carboxylic acids is 2. The third-order valence-electron chi connectivity index (χ3n) is 5.45. The van der Waals surface area contributed by atoms with Crippen LogP contribution in [0.1, 0.15) is 56.1 Å². The number of hydrogen-bond acceptors (Lipinski definition) is 4. The van der Waals surface area contributed by atoms with Crippen molar-refractivity contribution in [2.24, 2.45) is 0 Å². The third-order valence-corrected chi connectivity index (χ3v) is 5.45. The Kier molecular flexibility index (Phi) is 5.59. The summed E-state index contributed by atoms with van der Waals surface area (Å²) >= 11 is 0. The molecule has 7 nitrogen and oxygen atoms in total. The van der Waals surface area contributed by atoms with Gasteiger partial charge in [-0.25, -0.2) is 0 Å². The summed E-state index contributed by atoms with van der Waals surface area (Å²) in [5.74, 6) is -0.235. The lowest BCUT2D eigenvalue weighted by Gasteiger charge is -2.16. The molecule has 4 rings (SSSR count). The molecule has 2 aromatic carbocycles. The number of rotatable bonds is 6. The van der Waals surface area contributed by atoms with Gasteiger partial charge in [-0.15, -0.1) is 5.10 Å². The maximum Gasteiger partial charge on any atom is 0.276 e. The molecular weight excluding hydrogens is 390 g/mol. The Morgan fingerprint density at radius 3 is 2.42 bits per heavy atom. The third kappa shape index (κ3) is 4.66. The highest BCUT2D eigenvalue weighted by Gasteiger charge is 2.24. The second kappa shape index (κ2) is 8.34. The minimum atomic E-state index is -0.191. The van der Waals surface area contributed by atoms with Crippen LogP contribution in [0.2, 0.25) is 0 Å². The van der Waals surface area contributed by atoms with Crippen molar-refractivity contribution in [2.45, 2.75) is 46.2 Å². The van der Waals surface area contributed by atoms with Gasteiger partial charge in [0, 0.05) is 25.2 Å². The van der Waals surface area contributed by atoms with Crippen LogP contribution in [-0.2, 0) is 6.54 Å². The van der Waals surface area contributed by atoms with Crippen LogP contribution in [0.5, 0.6) is 0 Å². The lowest BCUT2D eigenvalue weighted by Crippen LogP contribution is -2.27. The Morgan fingerprint density at radius 2 is 1.77 bits per heavy atom. The first-order valence-corrected chi connectivity index (χ1v) is 10.5. The highest BCUT2D eigenvalue weighted by Crippen LogP contribution is 2.20. The number of amides is 2. The molecule has 2 amide bonds. The van der Waals surface area contributed by atoms with Gasteiger partial charge in [0.25, 0.3) is 11.8 Å². The predicted octanol–water partition coefficient (Wildman–Crippen LogP) is 3.36. The fraction of sp³-hybridized carbons (Fsp3) is 0.333.